The van der Waals surface area contributed by atoms with Crippen molar-refractivity contribution in [1.82, 2.24) is 14.7 Å². The fourth-order valence-corrected chi connectivity index (χ4v) is 4.82. The summed E-state index contributed by atoms with van der Waals surface area (Å²) in [5.74, 6) is 0.555. The van der Waals surface area contributed by atoms with Crippen LogP contribution in [0.15, 0.2) is 60.0 Å². The molecule has 0 saturated carbocycles. The van der Waals surface area contributed by atoms with Crippen molar-refractivity contribution in [1.29, 1.82) is 5.26 Å². The van der Waals surface area contributed by atoms with Crippen LogP contribution >= 0.6 is 0 Å². The molecule has 5 nitrogen and oxygen atoms in total. The Kier molecular flexibility index (Phi) is 7.12. The summed E-state index contributed by atoms with van der Waals surface area (Å²) in [4.78, 5) is 7.04. The molecule has 0 amide bonds. The van der Waals surface area contributed by atoms with E-state index in [1.165, 1.54) is 5.70 Å². The van der Waals surface area contributed by atoms with Crippen LogP contribution < -0.4 is 4.74 Å². The third-order valence-electron chi connectivity index (χ3n) is 6.79. The fourth-order valence-electron chi connectivity index (χ4n) is 4.82. The number of hydrogen-bond acceptors (Lipinski definition) is 5. The highest BCUT2D eigenvalue weighted by atomic mass is 16.5. The van der Waals surface area contributed by atoms with Gasteiger partial charge in [-0.15, -0.1) is 0 Å². The summed E-state index contributed by atoms with van der Waals surface area (Å²) in [6, 6.07) is 10.7. The lowest BCUT2D eigenvalue weighted by atomic mass is 9.79. The van der Waals surface area contributed by atoms with Crippen LogP contribution in [-0.4, -0.2) is 61.1 Å². The lowest BCUT2D eigenvalue weighted by Gasteiger charge is -2.38. The number of rotatable bonds is 6. The molecule has 2 atom stereocenters. The number of benzene rings is 1. The Morgan fingerprint density at radius 3 is 2.42 bits per heavy atom. The second-order valence-electron chi connectivity index (χ2n) is 8.58. The molecule has 0 aromatic heterocycles. The molecule has 0 aliphatic carbocycles. The molecule has 2 unspecified atom stereocenters. The summed E-state index contributed by atoms with van der Waals surface area (Å²) in [7, 11) is 2.17. The Morgan fingerprint density at radius 2 is 1.87 bits per heavy atom. The van der Waals surface area contributed by atoms with Gasteiger partial charge in [-0.1, -0.05) is 24.8 Å². The quantitative estimate of drug-likeness (QED) is 0.684. The Bertz CT molecular complexity index is 887. The van der Waals surface area contributed by atoms with Crippen molar-refractivity contribution in [3.63, 3.8) is 0 Å². The molecule has 0 bridgehead atoms. The van der Waals surface area contributed by atoms with E-state index in [1.807, 2.05) is 19.1 Å². The molecule has 2 aliphatic rings. The maximum atomic E-state index is 10.2. The van der Waals surface area contributed by atoms with Crippen molar-refractivity contribution in [2.45, 2.75) is 33.2 Å². The molecular weight excluding hydrogens is 384 g/mol. The molecule has 5 heteroatoms. The van der Waals surface area contributed by atoms with Gasteiger partial charge in [0.15, 0.2) is 0 Å². The lowest BCUT2D eigenvalue weighted by Crippen LogP contribution is -2.43. The number of piperazine rings is 1. The number of hydrogen-bond donors (Lipinski definition) is 0. The summed E-state index contributed by atoms with van der Waals surface area (Å²) in [5, 5.41) is 10.2. The maximum absolute atomic E-state index is 10.2. The fraction of sp³-hybridized carbons (Fsp3) is 0.500. The molecular formula is C26H36N4O. The first-order valence-corrected chi connectivity index (χ1v) is 11.3. The van der Waals surface area contributed by atoms with Crippen molar-refractivity contribution < 1.29 is 4.74 Å². The number of nitrogens with zero attached hydrogens (tertiary/aromatic N) is 4. The first kappa shape index (κ1) is 23.0. The van der Waals surface area contributed by atoms with Crippen LogP contribution in [0.25, 0.3) is 0 Å². The molecule has 3 rings (SSSR count). The lowest BCUT2D eigenvalue weighted by molar-refractivity contribution is 0.169. The highest BCUT2D eigenvalue weighted by Gasteiger charge is 2.50. The summed E-state index contributed by atoms with van der Waals surface area (Å²) in [6.07, 6.45) is 4.28. The van der Waals surface area contributed by atoms with Crippen molar-refractivity contribution in [2.75, 3.05) is 46.4 Å². The van der Waals surface area contributed by atoms with Gasteiger partial charge in [-0.25, -0.2) is 0 Å². The normalized spacial score (nSPS) is 26.5. The van der Waals surface area contributed by atoms with E-state index >= 15 is 0 Å². The summed E-state index contributed by atoms with van der Waals surface area (Å²) in [6.45, 7) is 18.5. The van der Waals surface area contributed by atoms with Crippen LogP contribution in [0.4, 0.5) is 0 Å². The molecule has 0 spiro atoms. The Morgan fingerprint density at radius 1 is 1.23 bits per heavy atom. The highest BCUT2D eigenvalue weighted by Crippen LogP contribution is 2.50. The first-order valence-electron chi connectivity index (χ1n) is 11.3. The number of likely N-dealkylation sites (tertiary alicyclic amines) is 1. The molecule has 2 saturated heterocycles. The Hall–Kier alpha value is -2.71. The van der Waals surface area contributed by atoms with Gasteiger partial charge in [0, 0.05) is 44.1 Å². The van der Waals surface area contributed by atoms with Crippen molar-refractivity contribution in [3.8, 4) is 11.8 Å². The van der Waals surface area contributed by atoms with E-state index in [9.17, 15) is 5.26 Å². The molecule has 31 heavy (non-hydrogen) atoms. The second kappa shape index (κ2) is 9.62. The predicted octanol–water partition coefficient (Wildman–Crippen LogP) is 4.37. The van der Waals surface area contributed by atoms with Gasteiger partial charge in [-0.2, -0.15) is 5.26 Å². The van der Waals surface area contributed by atoms with E-state index in [0.717, 1.165) is 55.3 Å². The summed E-state index contributed by atoms with van der Waals surface area (Å²) >= 11 is 0. The standard InChI is InChI=1S/C26H36N4O/c1-7-30-21(4)24(14-9-20(3)29-17-15-28(6)16-18-29)25(19-27)26(30,5)22-10-12-23(13-11-22)31-8-2/h9-14,25H,4,7-8,15-18H2,1-3,5-6H3/b20-9+,24-14+. The average Bonchev–Trinajstić information content (AvgIpc) is 2.99. The van der Waals surface area contributed by atoms with Gasteiger partial charge in [0.05, 0.1) is 18.2 Å². The third-order valence-corrected chi connectivity index (χ3v) is 6.79. The third kappa shape index (κ3) is 4.36. The number of nitriles is 1. The largest absolute Gasteiger partial charge is 0.494 e. The molecule has 1 aromatic rings. The molecule has 2 heterocycles. The Labute approximate surface area is 187 Å². The maximum Gasteiger partial charge on any atom is 0.119 e. The van der Waals surface area contributed by atoms with Gasteiger partial charge in [0.1, 0.15) is 11.7 Å². The van der Waals surface area contributed by atoms with E-state index in [0.29, 0.717) is 6.61 Å². The minimum absolute atomic E-state index is 0.297. The number of ether oxygens (including phenoxy) is 1. The van der Waals surface area contributed by atoms with Gasteiger partial charge >= 0.3 is 0 Å². The topological polar surface area (TPSA) is 42.7 Å². The van der Waals surface area contributed by atoms with Crippen LogP contribution in [0.5, 0.6) is 5.75 Å². The van der Waals surface area contributed by atoms with Crippen LogP contribution in [0.1, 0.15) is 33.3 Å². The minimum atomic E-state index is -0.466. The summed E-state index contributed by atoms with van der Waals surface area (Å²) in [5.41, 5.74) is 3.82. The van der Waals surface area contributed by atoms with E-state index in [1.54, 1.807) is 0 Å². The second-order valence-corrected chi connectivity index (χ2v) is 8.58. The number of likely N-dealkylation sites (N-methyl/N-ethyl adjacent to an activating group) is 2. The minimum Gasteiger partial charge on any atom is -0.494 e. The first-order chi connectivity index (χ1) is 14.9. The molecule has 166 valence electrons. The van der Waals surface area contributed by atoms with E-state index in [4.69, 9.17) is 4.74 Å². The van der Waals surface area contributed by atoms with Crippen LogP contribution in [0, 0.1) is 17.2 Å². The average molecular weight is 421 g/mol. The summed E-state index contributed by atoms with van der Waals surface area (Å²) < 4.78 is 5.61. The van der Waals surface area contributed by atoms with Crippen molar-refractivity contribution in [2.24, 2.45) is 5.92 Å². The molecule has 0 N–H and O–H groups in total. The SMILES string of the molecule is C=C1/C(=C\C=C(/C)N2CCN(C)CC2)C(C#N)C(C)(c2ccc(OCC)cc2)N1CC. The molecule has 0 radical (unpaired) electrons. The highest BCUT2D eigenvalue weighted by molar-refractivity contribution is 5.50. The Balaban J connectivity index is 1.94. The van der Waals surface area contributed by atoms with E-state index < -0.39 is 5.54 Å². The van der Waals surface area contributed by atoms with Crippen molar-refractivity contribution in [3.05, 3.63) is 65.5 Å². The van der Waals surface area contributed by atoms with Gasteiger partial charge in [-0.05, 0) is 64.1 Å². The van der Waals surface area contributed by atoms with Gasteiger partial charge in [0.2, 0.25) is 0 Å². The van der Waals surface area contributed by atoms with Gasteiger partial charge in [0.25, 0.3) is 0 Å². The van der Waals surface area contributed by atoms with Gasteiger partial charge in [-0.3, -0.25) is 0 Å². The number of allylic oxidation sites excluding steroid dienone is 4. The molecule has 2 aliphatic heterocycles. The monoisotopic (exact) mass is 420 g/mol. The van der Waals surface area contributed by atoms with Crippen LogP contribution in [0.3, 0.4) is 0 Å². The molecule has 1 aromatic carbocycles. The van der Waals surface area contributed by atoms with Crippen LogP contribution in [-0.2, 0) is 5.54 Å². The smallest absolute Gasteiger partial charge is 0.119 e. The van der Waals surface area contributed by atoms with Crippen molar-refractivity contribution >= 4 is 0 Å². The zero-order valence-corrected chi connectivity index (χ0v) is 19.7. The van der Waals surface area contributed by atoms with E-state index in [2.05, 4.69) is 79.5 Å². The molecule has 2 fully saturated rings. The van der Waals surface area contributed by atoms with Gasteiger partial charge < -0.3 is 19.4 Å². The zero-order valence-electron chi connectivity index (χ0n) is 19.7. The predicted molar refractivity (Wildman–Crippen MR) is 126 cm³/mol. The van der Waals surface area contributed by atoms with Crippen LogP contribution in [0.2, 0.25) is 0 Å². The zero-order chi connectivity index (χ0) is 22.6. The van der Waals surface area contributed by atoms with E-state index in [-0.39, 0.29) is 5.92 Å².